The van der Waals surface area contributed by atoms with Gasteiger partial charge in [0.2, 0.25) is 0 Å². The Labute approximate surface area is 144 Å². The average molecular weight is 373 g/mol. The van der Waals surface area contributed by atoms with E-state index in [-0.39, 0.29) is 17.0 Å². The van der Waals surface area contributed by atoms with Crippen LogP contribution in [0.4, 0.5) is 9.80 Å². The van der Waals surface area contributed by atoms with Crippen molar-refractivity contribution in [3.63, 3.8) is 0 Å². The first-order valence-corrected chi connectivity index (χ1v) is 9.92. The van der Waals surface area contributed by atoms with E-state index < -0.39 is 9.84 Å². The molecule has 124 valence electrons. The van der Waals surface area contributed by atoms with Crippen molar-refractivity contribution in [1.82, 2.24) is 4.90 Å². The number of nitrogens with zero attached hydrogens (tertiary/aromatic N) is 1. The number of sulfone groups is 1. The first kappa shape index (κ1) is 17.8. The van der Waals surface area contributed by atoms with Gasteiger partial charge in [0.05, 0.1) is 6.04 Å². The van der Waals surface area contributed by atoms with E-state index in [9.17, 15) is 13.2 Å². The molecule has 0 unspecified atom stereocenters. The van der Waals surface area contributed by atoms with Crippen molar-refractivity contribution in [3.8, 4) is 0 Å². The lowest BCUT2D eigenvalue weighted by Crippen LogP contribution is -2.33. The van der Waals surface area contributed by atoms with Gasteiger partial charge < -0.3 is 4.90 Å². The fourth-order valence-corrected chi connectivity index (χ4v) is 4.19. The molecule has 0 fully saturated rings. The van der Waals surface area contributed by atoms with E-state index in [1.807, 2.05) is 19.1 Å². The number of halogens is 1. The molecule has 0 spiro atoms. The number of carbonyl (C=O) groups is 1. The maximum Gasteiger partial charge on any atom is 0.322 e. The summed E-state index contributed by atoms with van der Waals surface area (Å²) in [5.41, 5.74) is 0.932. The molecular weight excluding hydrogens is 356 g/mol. The number of urea groups is 1. The van der Waals surface area contributed by atoms with E-state index in [1.54, 1.807) is 24.6 Å². The molecule has 2 rings (SSSR count). The van der Waals surface area contributed by atoms with Crippen molar-refractivity contribution in [2.24, 2.45) is 0 Å². The van der Waals surface area contributed by atoms with E-state index in [1.165, 1.54) is 22.3 Å². The fourth-order valence-electron chi connectivity index (χ4n) is 2.01. The molecule has 8 heteroatoms. The van der Waals surface area contributed by atoms with Crippen LogP contribution in [0.1, 0.15) is 18.5 Å². The van der Waals surface area contributed by atoms with Crippen molar-refractivity contribution >= 4 is 43.8 Å². The number of hydrogen-bond acceptors (Lipinski definition) is 4. The third kappa shape index (κ3) is 4.25. The molecule has 23 heavy (non-hydrogen) atoms. The first-order chi connectivity index (χ1) is 10.7. The average Bonchev–Trinajstić information content (AvgIpc) is 2.94. The quantitative estimate of drug-likeness (QED) is 0.881. The summed E-state index contributed by atoms with van der Waals surface area (Å²) in [6.45, 7) is 1.88. The monoisotopic (exact) mass is 372 g/mol. The molecule has 2 aromatic rings. The van der Waals surface area contributed by atoms with Crippen molar-refractivity contribution in [3.05, 3.63) is 46.3 Å². The lowest BCUT2D eigenvalue weighted by atomic mass is 10.1. The normalized spacial score (nSPS) is 12.7. The summed E-state index contributed by atoms with van der Waals surface area (Å²) in [5, 5.41) is 5.25. The molecule has 0 bridgehead atoms. The van der Waals surface area contributed by atoms with Crippen LogP contribution in [-0.4, -0.2) is 32.7 Å². The van der Waals surface area contributed by atoms with Gasteiger partial charge in [0.15, 0.2) is 9.84 Å². The highest BCUT2D eigenvalue weighted by Crippen LogP contribution is 2.29. The predicted octanol–water partition coefficient (Wildman–Crippen LogP) is 4.03. The highest BCUT2D eigenvalue weighted by atomic mass is 35.5. The second kappa shape index (κ2) is 6.90. The SMILES string of the molecule is C[C@@H](c1ccc(Cl)cc1)N(C)C(=O)Nc1sccc1S(C)(=O)=O. The molecule has 1 heterocycles. The highest BCUT2D eigenvalue weighted by molar-refractivity contribution is 7.91. The Hall–Kier alpha value is -1.57. The van der Waals surface area contributed by atoms with Crippen molar-refractivity contribution in [1.29, 1.82) is 0 Å². The van der Waals surface area contributed by atoms with Crippen LogP contribution >= 0.6 is 22.9 Å². The number of nitrogens with one attached hydrogen (secondary N) is 1. The van der Waals surface area contributed by atoms with Crippen molar-refractivity contribution in [2.45, 2.75) is 17.9 Å². The largest absolute Gasteiger partial charge is 0.322 e. The summed E-state index contributed by atoms with van der Waals surface area (Å²) in [6, 6.07) is 8.15. The van der Waals surface area contributed by atoms with Crippen LogP contribution < -0.4 is 5.32 Å². The minimum Gasteiger partial charge on any atom is -0.321 e. The Morgan fingerprint density at radius 2 is 1.87 bits per heavy atom. The zero-order valence-electron chi connectivity index (χ0n) is 12.9. The minimum atomic E-state index is -3.38. The number of amides is 2. The van der Waals surface area contributed by atoms with Crippen molar-refractivity contribution in [2.75, 3.05) is 18.6 Å². The van der Waals surface area contributed by atoms with Gasteiger partial charge in [-0.25, -0.2) is 13.2 Å². The number of thiophene rings is 1. The van der Waals surface area contributed by atoms with E-state index in [0.717, 1.165) is 11.8 Å². The second-order valence-corrected chi connectivity index (χ2v) is 8.49. The lowest BCUT2D eigenvalue weighted by molar-refractivity contribution is 0.208. The standard InChI is InChI=1S/C15H17ClN2O3S2/c1-10(11-4-6-12(16)7-5-11)18(2)15(19)17-14-13(8-9-22-14)23(3,20)21/h4-10H,1-3H3,(H,17,19)/t10-/m0/s1. The van der Waals surface area contributed by atoms with Crippen LogP contribution in [0.3, 0.4) is 0 Å². The molecular formula is C15H17ClN2O3S2. The predicted molar refractivity (Wildman–Crippen MR) is 94.1 cm³/mol. The van der Waals surface area contributed by atoms with E-state index in [2.05, 4.69) is 5.32 Å². The van der Waals surface area contributed by atoms with Crippen LogP contribution in [0.25, 0.3) is 0 Å². The van der Waals surface area contributed by atoms with Gasteiger partial charge in [0.25, 0.3) is 0 Å². The molecule has 0 aliphatic carbocycles. The molecule has 0 saturated carbocycles. The Bertz CT molecular complexity index is 800. The number of hydrogen-bond donors (Lipinski definition) is 1. The van der Waals surface area contributed by atoms with Gasteiger partial charge in [0, 0.05) is 18.3 Å². The topological polar surface area (TPSA) is 66.5 Å². The number of anilines is 1. The molecule has 5 nitrogen and oxygen atoms in total. The molecule has 0 saturated heterocycles. The summed E-state index contributed by atoms with van der Waals surface area (Å²) in [4.78, 5) is 14.0. The number of rotatable bonds is 4. The van der Waals surface area contributed by atoms with Gasteiger partial charge in [-0.15, -0.1) is 11.3 Å². The van der Waals surface area contributed by atoms with Gasteiger partial charge in [0.1, 0.15) is 9.90 Å². The Balaban J connectivity index is 2.14. The zero-order valence-corrected chi connectivity index (χ0v) is 15.3. The van der Waals surface area contributed by atoms with Gasteiger partial charge in [-0.1, -0.05) is 23.7 Å². The van der Waals surface area contributed by atoms with Crippen LogP contribution in [-0.2, 0) is 9.84 Å². The molecule has 1 atom stereocenters. The zero-order chi connectivity index (χ0) is 17.2. The maximum absolute atomic E-state index is 12.4. The maximum atomic E-state index is 12.4. The van der Waals surface area contributed by atoms with Gasteiger partial charge in [-0.3, -0.25) is 5.32 Å². The molecule has 0 radical (unpaired) electrons. The van der Waals surface area contributed by atoms with E-state index >= 15 is 0 Å². The molecule has 1 aromatic heterocycles. The van der Waals surface area contributed by atoms with Crippen LogP contribution in [0.5, 0.6) is 0 Å². The molecule has 0 aliphatic rings. The first-order valence-electron chi connectivity index (χ1n) is 6.77. The Morgan fingerprint density at radius 3 is 2.43 bits per heavy atom. The van der Waals surface area contributed by atoms with Gasteiger partial charge >= 0.3 is 6.03 Å². The van der Waals surface area contributed by atoms with Gasteiger partial charge in [-0.05, 0) is 36.1 Å². The summed E-state index contributed by atoms with van der Waals surface area (Å²) in [6.07, 6.45) is 1.12. The molecule has 1 aromatic carbocycles. The van der Waals surface area contributed by atoms with Crippen LogP contribution in [0.2, 0.25) is 5.02 Å². The molecule has 1 N–H and O–H groups in total. The summed E-state index contributed by atoms with van der Waals surface area (Å²) < 4.78 is 23.4. The number of benzene rings is 1. The van der Waals surface area contributed by atoms with Crippen LogP contribution in [0, 0.1) is 0 Å². The third-order valence-corrected chi connectivity index (χ3v) is 5.85. The fraction of sp³-hybridized carbons (Fsp3) is 0.267. The van der Waals surface area contributed by atoms with Crippen LogP contribution in [0.15, 0.2) is 40.6 Å². The Morgan fingerprint density at radius 1 is 1.26 bits per heavy atom. The van der Waals surface area contributed by atoms with E-state index in [0.29, 0.717) is 10.0 Å². The highest BCUT2D eigenvalue weighted by Gasteiger charge is 2.21. The lowest BCUT2D eigenvalue weighted by Gasteiger charge is -2.25. The summed E-state index contributed by atoms with van der Waals surface area (Å²) in [5.74, 6) is 0. The summed E-state index contributed by atoms with van der Waals surface area (Å²) >= 11 is 7.04. The summed E-state index contributed by atoms with van der Waals surface area (Å²) in [7, 11) is -1.72. The molecule has 2 amide bonds. The number of carbonyl (C=O) groups excluding carboxylic acids is 1. The third-order valence-electron chi connectivity index (χ3n) is 3.50. The van der Waals surface area contributed by atoms with Gasteiger partial charge in [-0.2, -0.15) is 0 Å². The van der Waals surface area contributed by atoms with E-state index in [4.69, 9.17) is 11.6 Å². The smallest absolute Gasteiger partial charge is 0.321 e. The van der Waals surface area contributed by atoms with Crippen molar-refractivity contribution < 1.29 is 13.2 Å². The molecule has 0 aliphatic heterocycles. The minimum absolute atomic E-state index is 0.128. The Kier molecular flexibility index (Phi) is 5.33. The second-order valence-electron chi connectivity index (χ2n) is 5.15.